The number of fused-ring (bicyclic) bond motifs is 1. The van der Waals surface area contributed by atoms with Gasteiger partial charge in [0.15, 0.2) is 0 Å². The number of hydrogen-bond donors (Lipinski definition) is 0. The van der Waals surface area contributed by atoms with E-state index < -0.39 is 0 Å². The van der Waals surface area contributed by atoms with E-state index in [0.29, 0.717) is 19.0 Å². The summed E-state index contributed by atoms with van der Waals surface area (Å²) in [5, 5.41) is 0. The van der Waals surface area contributed by atoms with E-state index in [2.05, 4.69) is 19.1 Å². The standard InChI is InChI=1S/C20H20FNO/c1-13-4-2-3-5-17(13)18-11-19(18)20(23)22-9-8-14-10-16(21)7-6-15(14)12-22/h2-7,10,18-19H,8-9,11-12H2,1H3/t18-,19+/m0/s1. The Labute approximate surface area is 135 Å². The molecule has 2 aromatic carbocycles. The van der Waals surface area contributed by atoms with Gasteiger partial charge in [-0.2, -0.15) is 0 Å². The monoisotopic (exact) mass is 309 g/mol. The van der Waals surface area contributed by atoms with Crippen LogP contribution >= 0.6 is 0 Å². The number of hydrogen-bond acceptors (Lipinski definition) is 1. The van der Waals surface area contributed by atoms with E-state index in [9.17, 15) is 9.18 Å². The first-order valence-corrected chi connectivity index (χ1v) is 8.25. The fourth-order valence-corrected chi connectivity index (χ4v) is 3.76. The summed E-state index contributed by atoms with van der Waals surface area (Å²) < 4.78 is 13.3. The molecule has 0 radical (unpaired) electrons. The number of carbonyl (C=O) groups is 1. The third kappa shape index (κ3) is 2.65. The molecule has 0 spiro atoms. The number of benzene rings is 2. The highest BCUT2D eigenvalue weighted by Crippen LogP contribution is 2.49. The van der Waals surface area contributed by atoms with Crippen LogP contribution in [0.2, 0.25) is 0 Å². The molecule has 1 aliphatic carbocycles. The molecule has 1 amide bonds. The van der Waals surface area contributed by atoms with Gasteiger partial charge in [-0.25, -0.2) is 4.39 Å². The highest BCUT2D eigenvalue weighted by atomic mass is 19.1. The zero-order valence-electron chi connectivity index (χ0n) is 13.3. The van der Waals surface area contributed by atoms with Crippen LogP contribution in [0.1, 0.15) is 34.6 Å². The summed E-state index contributed by atoms with van der Waals surface area (Å²) in [6.07, 6.45) is 1.71. The Bertz CT molecular complexity index is 770. The first-order valence-electron chi connectivity index (χ1n) is 8.25. The molecule has 1 saturated carbocycles. The summed E-state index contributed by atoms with van der Waals surface area (Å²) in [6, 6.07) is 13.2. The van der Waals surface area contributed by atoms with E-state index in [-0.39, 0.29) is 17.6 Å². The van der Waals surface area contributed by atoms with Crippen molar-refractivity contribution in [3.05, 3.63) is 70.5 Å². The SMILES string of the molecule is Cc1ccccc1[C@@H]1C[C@H]1C(=O)N1CCc2cc(F)ccc2C1. The van der Waals surface area contributed by atoms with Crippen molar-refractivity contribution in [2.24, 2.45) is 5.92 Å². The highest BCUT2D eigenvalue weighted by Gasteiger charge is 2.46. The van der Waals surface area contributed by atoms with Gasteiger partial charge in [-0.3, -0.25) is 4.79 Å². The minimum Gasteiger partial charge on any atom is -0.338 e. The molecule has 2 aromatic rings. The van der Waals surface area contributed by atoms with Crippen molar-refractivity contribution in [1.82, 2.24) is 4.90 Å². The summed E-state index contributed by atoms with van der Waals surface area (Å²) in [7, 11) is 0. The van der Waals surface area contributed by atoms with E-state index in [4.69, 9.17) is 0 Å². The topological polar surface area (TPSA) is 20.3 Å². The minimum absolute atomic E-state index is 0.123. The smallest absolute Gasteiger partial charge is 0.226 e. The quantitative estimate of drug-likeness (QED) is 0.826. The van der Waals surface area contributed by atoms with Gasteiger partial charge < -0.3 is 4.90 Å². The molecule has 2 aliphatic rings. The number of aryl methyl sites for hydroxylation is 1. The van der Waals surface area contributed by atoms with E-state index >= 15 is 0 Å². The molecule has 0 N–H and O–H groups in total. The van der Waals surface area contributed by atoms with Crippen LogP contribution < -0.4 is 0 Å². The predicted octanol–water partition coefficient (Wildman–Crippen LogP) is 3.82. The van der Waals surface area contributed by atoms with Gasteiger partial charge in [0.25, 0.3) is 0 Å². The van der Waals surface area contributed by atoms with Crippen molar-refractivity contribution in [2.45, 2.75) is 32.2 Å². The lowest BCUT2D eigenvalue weighted by Crippen LogP contribution is -2.37. The van der Waals surface area contributed by atoms with Gasteiger partial charge in [0.1, 0.15) is 5.82 Å². The van der Waals surface area contributed by atoms with Crippen LogP contribution in [-0.4, -0.2) is 17.4 Å². The molecular weight excluding hydrogens is 289 g/mol. The molecule has 0 saturated heterocycles. The summed E-state index contributed by atoms with van der Waals surface area (Å²) in [4.78, 5) is 14.7. The van der Waals surface area contributed by atoms with Crippen molar-refractivity contribution in [1.29, 1.82) is 0 Å². The van der Waals surface area contributed by atoms with E-state index in [1.807, 2.05) is 23.1 Å². The zero-order chi connectivity index (χ0) is 16.0. The van der Waals surface area contributed by atoms with Gasteiger partial charge in [0.2, 0.25) is 5.91 Å². The maximum atomic E-state index is 13.3. The van der Waals surface area contributed by atoms with Gasteiger partial charge in [-0.05, 0) is 60.1 Å². The summed E-state index contributed by atoms with van der Waals surface area (Å²) >= 11 is 0. The summed E-state index contributed by atoms with van der Waals surface area (Å²) in [5.41, 5.74) is 4.71. The van der Waals surface area contributed by atoms with Crippen LogP contribution in [0, 0.1) is 18.7 Å². The molecule has 1 fully saturated rings. The average Bonchev–Trinajstić information content (AvgIpc) is 3.34. The molecule has 0 unspecified atom stereocenters. The number of rotatable bonds is 2. The molecule has 2 atom stereocenters. The average molecular weight is 309 g/mol. The third-order valence-corrected chi connectivity index (χ3v) is 5.19. The summed E-state index contributed by atoms with van der Waals surface area (Å²) in [6.45, 7) is 3.43. The lowest BCUT2D eigenvalue weighted by atomic mass is 9.98. The first-order chi connectivity index (χ1) is 11.1. The number of nitrogens with zero attached hydrogens (tertiary/aromatic N) is 1. The maximum absolute atomic E-state index is 13.3. The Morgan fingerprint density at radius 2 is 2.00 bits per heavy atom. The van der Waals surface area contributed by atoms with Crippen molar-refractivity contribution in [3.63, 3.8) is 0 Å². The molecule has 1 aliphatic heterocycles. The summed E-state index contributed by atoms with van der Waals surface area (Å²) in [5.74, 6) is 0.565. The van der Waals surface area contributed by atoms with Crippen LogP contribution in [0.5, 0.6) is 0 Å². The van der Waals surface area contributed by atoms with Crippen LogP contribution in [0.15, 0.2) is 42.5 Å². The van der Waals surface area contributed by atoms with Crippen LogP contribution in [0.3, 0.4) is 0 Å². The lowest BCUT2D eigenvalue weighted by Gasteiger charge is -2.29. The van der Waals surface area contributed by atoms with E-state index in [1.54, 1.807) is 6.07 Å². The van der Waals surface area contributed by atoms with E-state index in [0.717, 1.165) is 24.0 Å². The predicted molar refractivity (Wildman–Crippen MR) is 87.5 cm³/mol. The van der Waals surface area contributed by atoms with Gasteiger partial charge in [0, 0.05) is 19.0 Å². The molecule has 4 rings (SSSR count). The normalized spacial score (nSPS) is 22.6. The van der Waals surface area contributed by atoms with Gasteiger partial charge in [-0.15, -0.1) is 0 Å². The lowest BCUT2D eigenvalue weighted by molar-refractivity contribution is -0.133. The molecule has 0 bridgehead atoms. The zero-order valence-corrected chi connectivity index (χ0v) is 13.3. The van der Waals surface area contributed by atoms with Gasteiger partial charge >= 0.3 is 0 Å². The Hall–Kier alpha value is -2.16. The number of amides is 1. The van der Waals surface area contributed by atoms with Crippen molar-refractivity contribution < 1.29 is 9.18 Å². The Balaban J connectivity index is 1.47. The molecular formula is C20H20FNO. The second-order valence-electron chi connectivity index (χ2n) is 6.73. The largest absolute Gasteiger partial charge is 0.338 e. The van der Waals surface area contributed by atoms with Gasteiger partial charge in [0.05, 0.1) is 0 Å². The maximum Gasteiger partial charge on any atom is 0.226 e. The molecule has 2 nitrogen and oxygen atoms in total. The Morgan fingerprint density at radius 1 is 1.17 bits per heavy atom. The Kier molecular flexibility index (Phi) is 3.44. The van der Waals surface area contributed by atoms with Crippen LogP contribution in [0.4, 0.5) is 4.39 Å². The fourth-order valence-electron chi connectivity index (χ4n) is 3.76. The molecule has 3 heteroatoms. The highest BCUT2D eigenvalue weighted by molar-refractivity contribution is 5.83. The Morgan fingerprint density at radius 3 is 2.83 bits per heavy atom. The molecule has 1 heterocycles. The number of halogens is 1. The molecule has 23 heavy (non-hydrogen) atoms. The number of carbonyl (C=O) groups excluding carboxylic acids is 1. The van der Waals surface area contributed by atoms with Crippen molar-refractivity contribution in [2.75, 3.05) is 6.54 Å². The van der Waals surface area contributed by atoms with E-state index in [1.165, 1.54) is 17.2 Å². The second-order valence-corrected chi connectivity index (χ2v) is 6.73. The van der Waals surface area contributed by atoms with Crippen LogP contribution in [-0.2, 0) is 17.8 Å². The van der Waals surface area contributed by atoms with Crippen molar-refractivity contribution >= 4 is 5.91 Å². The minimum atomic E-state index is -0.190. The first kappa shape index (κ1) is 14.4. The second kappa shape index (κ2) is 5.48. The van der Waals surface area contributed by atoms with Crippen LogP contribution in [0.25, 0.3) is 0 Å². The van der Waals surface area contributed by atoms with Crippen molar-refractivity contribution in [3.8, 4) is 0 Å². The fraction of sp³-hybridized carbons (Fsp3) is 0.350. The third-order valence-electron chi connectivity index (χ3n) is 5.19. The molecule has 118 valence electrons. The van der Waals surface area contributed by atoms with Gasteiger partial charge in [-0.1, -0.05) is 30.3 Å². The molecule has 0 aromatic heterocycles.